The number of nitrogens with zero attached hydrogens (tertiary/aromatic N) is 1. The van der Waals surface area contributed by atoms with E-state index in [2.05, 4.69) is 15.0 Å². The van der Waals surface area contributed by atoms with Crippen LogP contribution in [0.4, 0.5) is 5.69 Å². The number of pyridine rings is 1. The number of aromatic nitrogens is 1. The fourth-order valence-corrected chi connectivity index (χ4v) is 1.89. The minimum Gasteiger partial charge on any atom is -0.465 e. The molecular formula is C15H15ClN2O2. The number of esters is 1. The lowest BCUT2D eigenvalue weighted by Gasteiger charge is -2.10. The average Bonchev–Trinajstić information content (AvgIpc) is 2.47. The summed E-state index contributed by atoms with van der Waals surface area (Å²) < 4.78 is 4.69. The second kappa shape index (κ2) is 6.39. The molecule has 0 radical (unpaired) electrons. The SMILES string of the molecule is COC(=O)c1ccc(Cl)c(NCc2ccc(C)nc2)c1. The minimum absolute atomic E-state index is 0.387. The molecule has 0 aliphatic heterocycles. The van der Waals surface area contributed by atoms with Crippen LogP contribution in [-0.4, -0.2) is 18.1 Å². The van der Waals surface area contributed by atoms with Crippen LogP contribution >= 0.6 is 11.6 Å². The third-order valence-electron chi connectivity index (χ3n) is 2.84. The predicted octanol–water partition coefficient (Wildman–Crippen LogP) is 3.44. The molecule has 0 unspecified atom stereocenters. The third kappa shape index (κ3) is 3.48. The normalized spacial score (nSPS) is 10.2. The van der Waals surface area contributed by atoms with Crippen LogP contribution in [0.25, 0.3) is 0 Å². The van der Waals surface area contributed by atoms with Gasteiger partial charge in [-0.3, -0.25) is 4.98 Å². The highest BCUT2D eigenvalue weighted by atomic mass is 35.5. The van der Waals surface area contributed by atoms with Gasteiger partial charge in [0.25, 0.3) is 0 Å². The Morgan fingerprint density at radius 2 is 2.15 bits per heavy atom. The van der Waals surface area contributed by atoms with E-state index in [-0.39, 0.29) is 5.97 Å². The maximum atomic E-state index is 11.5. The molecule has 5 heteroatoms. The summed E-state index contributed by atoms with van der Waals surface area (Å²) in [7, 11) is 1.35. The van der Waals surface area contributed by atoms with E-state index in [9.17, 15) is 4.79 Å². The maximum Gasteiger partial charge on any atom is 0.337 e. The largest absolute Gasteiger partial charge is 0.465 e. The second-order valence-corrected chi connectivity index (χ2v) is 4.75. The summed E-state index contributed by atoms with van der Waals surface area (Å²) in [5.41, 5.74) is 3.16. The molecule has 2 rings (SSSR count). The lowest BCUT2D eigenvalue weighted by Crippen LogP contribution is -2.04. The predicted molar refractivity (Wildman–Crippen MR) is 79.1 cm³/mol. The number of aryl methyl sites for hydroxylation is 1. The van der Waals surface area contributed by atoms with Crippen LogP contribution < -0.4 is 5.32 Å². The van der Waals surface area contributed by atoms with Crippen molar-refractivity contribution in [3.8, 4) is 0 Å². The molecule has 0 atom stereocenters. The number of nitrogens with one attached hydrogen (secondary N) is 1. The number of rotatable bonds is 4. The highest BCUT2D eigenvalue weighted by molar-refractivity contribution is 6.33. The van der Waals surface area contributed by atoms with Gasteiger partial charge < -0.3 is 10.1 Å². The van der Waals surface area contributed by atoms with Gasteiger partial charge >= 0.3 is 5.97 Å². The first-order chi connectivity index (χ1) is 9.60. The minimum atomic E-state index is -0.387. The van der Waals surface area contributed by atoms with Crippen molar-refractivity contribution in [3.63, 3.8) is 0 Å². The summed E-state index contributed by atoms with van der Waals surface area (Å²) in [6.45, 7) is 2.52. The number of methoxy groups -OCH3 is 1. The number of anilines is 1. The number of halogens is 1. The van der Waals surface area contributed by atoms with E-state index >= 15 is 0 Å². The molecular weight excluding hydrogens is 276 g/mol. The van der Waals surface area contributed by atoms with E-state index in [1.54, 1.807) is 24.4 Å². The van der Waals surface area contributed by atoms with Crippen molar-refractivity contribution in [1.82, 2.24) is 4.98 Å². The molecule has 0 aliphatic rings. The van der Waals surface area contributed by atoms with Crippen molar-refractivity contribution >= 4 is 23.3 Å². The molecule has 0 fully saturated rings. The van der Waals surface area contributed by atoms with Gasteiger partial charge in [0, 0.05) is 18.4 Å². The second-order valence-electron chi connectivity index (χ2n) is 4.35. The molecule has 4 nitrogen and oxygen atoms in total. The molecule has 1 aromatic carbocycles. The van der Waals surface area contributed by atoms with Gasteiger partial charge in [-0.05, 0) is 36.8 Å². The quantitative estimate of drug-likeness (QED) is 0.876. The number of carbonyl (C=O) groups is 1. The smallest absolute Gasteiger partial charge is 0.337 e. The standard InChI is InChI=1S/C15H15ClN2O2/c1-10-3-4-11(8-17-10)9-18-14-7-12(15(19)20-2)5-6-13(14)16/h3-8,18H,9H2,1-2H3. The molecule has 104 valence electrons. The number of hydrogen-bond acceptors (Lipinski definition) is 4. The van der Waals surface area contributed by atoms with Crippen LogP contribution in [0, 0.1) is 6.92 Å². The molecule has 1 aromatic heterocycles. The van der Waals surface area contributed by atoms with Crippen LogP contribution in [-0.2, 0) is 11.3 Å². The highest BCUT2D eigenvalue weighted by Crippen LogP contribution is 2.24. The Balaban J connectivity index is 2.12. The van der Waals surface area contributed by atoms with E-state index in [0.717, 1.165) is 11.3 Å². The van der Waals surface area contributed by atoms with E-state index in [1.807, 2.05) is 19.1 Å². The Morgan fingerprint density at radius 1 is 1.35 bits per heavy atom. The number of carbonyl (C=O) groups excluding carboxylic acids is 1. The van der Waals surface area contributed by atoms with Gasteiger partial charge in [-0.25, -0.2) is 4.79 Å². The highest BCUT2D eigenvalue weighted by Gasteiger charge is 2.08. The molecule has 1 N–H and O–H groups in total. The van der Waals surface area contributed by atoms with Crippen molar-refractivity contribution in [2.75, 3.05) is 12.4 Å². The van der Waals surface area contributed by atoms with Crippen molar-refractivity contribution in [3.05, 3.63) is 58.4 Å². The Labute approximate surface area is 122 Å². The van der Waals surface area contributed by atoms with Gasteiger partial charge in [0.1, 0.15) is 0 Å². The van der Waals surface area contributed by atoms with Crippen LogP contribution in [0.15, 0.2) is 36.5 Å². The monoisotopic (exact) mass is 290 g/mol. The zero-order valence-corrected chi connectivity index (χ0v) is 12.1. The van der Waals surface area contributed by atoms with Gasteiger partial charge in [-0.15, -0.1) is 0 Å². The van der Waals surface area contributed by atoms with Crippen LogP contribution in [0.3, 0.4) is 0 Å². The number of ether oxygens (including phenoxy) is 1. The van der Waals surface area contributed by atoms with Crippen molar-refractivity contribution in [2.24, 2.45) is 0 Å². The van der Waals surface area contributed by atoms with Gasteiger partial charge in [0.2, 0.25) is 0 Å². The lowest BCUT2D eigenvalue weighted by molar-refractivity contribution is 0.0601. The Kier molecular flexibility index (Phi) is 4.58. The molecule has 20 heavy (non-hydrogen) atoms. The maximum absolute atomic E-state index is 11.5. The summed E-state index contributed by atoms with van der Waals surface area (Å²) in [5, 5.41) is 3.74. The molecule has 0 saturated heterocycles. The fraction of sp³-hybridized carbons (Fsp3) is 0.200. The summed E-state index contributed by atoms with van der Waals surface area (Å²) in [4.78, 5) is 15.7. The molecule has 0 saturated carbocycles. The number of hydrogen-bond donors (Lipinski definition) is 1. The zero-order valence-electron chi connectivity index (χ0n) is 11.3. The summed E-state index contributed by atoms with van der Waals surface area (Å²) in [6, 6.07) is 8.92. The Hall–Kier alpha value is -2.07. The van der Waals surface area contributed by atoms with E-state index in [0.29, 0.717) is 22.8 Å². The zero-order chi connectivity index (χ0) is 14.5. The van der Waals surface area contributed by atoms with Gasteiger partial charge in [0.05, 0.1) is 23.4 Å². The first-order valence-corrected chi connectivity index (χ1v) is 6.51. The van der Waals surface area contributed by atoms with Crippen molar-refractivity contribution in [1.29, 1.82) is 0 Å². The molecule has 1 heterocycles. The summed E-state index contributed by atoms with van der Waals surface area (Å²) in [6.07, 6.45) is 1.81. The Morgan fingerprint density at radius 3 is 2.80 bits per heavy atom. The first-order valence-electron chi connectivity index (χ1n) is 6.13. The number of benzene rings is 1. The molecule has 0 bridgehead atoms. The third-order valence-corrected chi connectivity index (χ3v) is 3.17. The van der Waals surface area contributed by atoms with Gasteiger partial charge in [-0.1, -0.05) is 17.7 Å². The molecule has 0 spiro atoms. The first kappa shape index (κ1) is 14.3. The topological polar surface area (TPSA) is 51.2 Å². The van der Waals surface area contributed by atoms with Crippen molar-refractivity contribution < 1.29 is 9.53 Å². The molecule has 2 aromatic rings. The summed E-state index contributed by atoms with van der Waals surface area (Å²) in [5.74, 6) is -0.387. The van der Waals surface area contributed by atoms with Crippen molar-refractivity contribution in [2.45, 2.75) is 13.5 Å². The summed E-state index contributed by atoms with van der Waals surface area (Å²) >= 11 is 6.11. The van der Waals surface area contributed by atoms with E-state index < -0.39 is 0 Å². The average molecular weight is 291 g/mol. The van der Waals surface area contributed by atoms with Crippen LogP contribution in [0.1, 0.15) is 21.6 Å². The van der Waals surface area contributed by atoms with Gasteiger partial charge in [-0.2, -0.15) is 0 Å². The van der Waals surface area contributed by atoms with Gasteiger partial charge in [0.15, 0.2) is 0 Å². The molecule has 0 amide bonds. The van der Waals surface area contributed by atoms with Crippen LogP contribution in [0.2, 0.25) is 5.02 Å². The van der Waals surface area contributed by atoms with E-state index in [4.69, 9.17) is 11.6 Å². The fourth-order valence-electron chi connectivity index (χ4n) is 1.71. The van der Waals surface area contributed by atoms with E-state index in [1.165, 1.54) is 7.11 Å². The van der Waals surface area contributed by atoms with Crippen LogP contribution in [0.5, 0.6) is 0 Å². The molecule has 0 aliphatic carbocycles. The lowest BCUT2D eigenvalue weighted by atomic mass is 10.2. The Bertz CT molecular complexity index is 612.